The third kappa shape index (κ3) is 2.74. The summed E-state index contributed by atoms with van der Waals surface area (Å²) in [7, 11) is 1.99. The Morgan fingerprint density at radius 1 is 1.10 bits per heavy atom. The van der Waals surface area contributed by atoms with Crippen LogP contribution in [0.25, 0.3) is 11.4 Å². The molecule has 3 aromatic heterocycles. The maximum atomic E-state index is 4.48. The maximum Gasteiger partial charge on any atom is 0.248 e. The van der Waals surface area contributed by atoms with Crippen molar-refractivity contribution in [1.29, 1.82) is 0 Å². The minimum Gasteiger partial charge on any atom is -1.00 e. The zero-order valence-electron chi connectivity index (χ0n) is 11.7. The van der Waals surface area contributed by atoms with Crippen LogP contribution < -0.4 is 28.5 Å². The fourth-order valence-corrected chi connectivity index (χ4v) is 2.17. The van der Waals surface area contributed by atoms with Gasteiger partial charge < -0.3 is 24.0 Å². The molecule has 0 atom stereocenters. The van der Waals surface area contributed by atoms with E-state index in [0.29, 0.717) is 0 Å². The summed E-state index contributed by atoms with van der Waals surface area (Å²) >= 11 is 0. The number of rotatable bonds is 2. The first-order valence-corrected chi connectivity index (χ1v) is 6.16. The first kappa shape index (κ1) is 14.7. The number of hydrogen-bond acceptors (Lipinski definition) is 2. The van der Waals surface area contributed by atoms with Crippen LogP contribution in [0, 0.1) is 13.8 Å². The molecule has 0 amide bonds. The van der Waals surface area contributed by atoms with Gasteiger partial charge >= 0.3 is 0 Å². The van der Waals surface area contributed by atoms with Crippen molar-refractivity contribution < 1.29 is 28.5 Å². The molecule has 0 aromatic carbocycles. The van der Waals surface area contributed by atoms with Crippen LogP contribution in [0.4, 0.5) is 0 Å². The SMILES string of the molecule is Cc1cc(C)n(-c2cncc(-n3cc[n+](C)c3)c2)n1.[I-]. The Labute approximate surface area is 134 Å². The predicted octanol–water partition coefficient (Wildman–Crippen LogP) is -1.50. The summed E-state index contributed by atoms with van der Waals surface area (Å²) < 4.78 is 5.94. The Balaban J connectivity index is 0.00000147. The van der Waals surface area contributed by atoms with Gasteiger partial charge in [0.25, 0.3) is 0 Å². The van der Waals surface area contributed by atoms with E-state index in [1.54, 1.807) is 0 Å². The van der Waals surface area contributed by atoms with Gasteiger partial charge in [0.2, 0.25) is 6.33 Å². The number of hydrogen-bond donors (Lipinski definition) is 0. The van der Waals surface area contributed by atoms with E-state index in [1.165, 1.54) is 0 Å². The van der Waals surface area contributed by atoms with Crippen molar-refractivity contribution in [2.75, 3.05) is 0 Å². The smallest absolute Gasteiger partial charge is 0.248 e. The number of imidazole rings is 1. The minimum atomic E-state index is 0. The molecular weight excluding hydrogens is 365 g/mol. The number of aryl methyl sites for hydroxylation is 3. The highest BCUT2D eigenvalue weighted by Crippen LogP contribution is 2.14. The van der Waals surface area contributed by atoms with Crippen molar-refractivity contribution in [2.24, 2.45) is 7.05 Å². The molecule has 3 heterocycles. The van der Waals surface area contributed by atoms with Crippen molar-refractivity contribution in [1.82, 2.24) is 19.3 Å². The summed E-state index contributed by atoms with van der Waals surface area (Å²) in [6.45, 7) is 4.04. The lowest BCUT2D eigenvalue weighted by Crippen LogP contribution is -3.00. The van der Waals surface area contributed by atoms with E-state index in [-0.39, 0.29) is 24.0 Å². The zero-order chi connectivity index (χ0) is 13.4. The summed E-state index contributed by atoms with van der Waals surface area (Å²) in [5, 5.41) is 4.48. The molecule has 0 bridgehead atoms. The molecule has 0 N–H and O–H groups in total. The van der Waals surface area contributed by atoms with E-state index >= 15 is 0 Å². The second-order valence-corrected chi connectivity index (χ2v) is 4.73. The maximum absolute atomic E-state index is 4.48. The molecule has 0 aliphatic rings. The van der Waals surface area contributed by atoms with Gasteiger partial charge in [-0.1, -0.05) is 0 Å². The van der Waals surface area contributed by atoms with Crippen molar-refractivity contribution in [3.05, 3.63) is 54.6 Å². The Bertz CT molecular complexity index is 729. The van der Waals surface area contributed by atoms with Gasteiger partial charge in [0.05, 0.1) is 30.8 Å². The quantitative estimate of drug-likeness (QED) is 0.401. The van der Waals surface area contributed by atoms with Crippen LogP contribution in [0.15, 0.2) is 43.2 Å². The van der Waals surface area contributed by atoms with Crippen LogP contribution in [0.2, 0.25) is 0 Å². The van der Waals surface area contributed by atoms with Gasteiger partial charge in [-0.3, -0.25) is 4.98 Å². The number of pyridine rings is 1. The second kappa shape index (κ2) is 5.74. The number of aromatic nitrogens is 5. The fourth-order valence-electron chi connectivity index (χ4n) is 2.17. The number of halogens is 1. The highest BCUT2D eigenvalue weighted by Gasteiger charge is 2.09. The molecule has 0 saturated heterocycles. The van der Waals surface area contributed by atoms with Crippen molar-refractivity contribution in [3.63, 3.8) is 0 Å². The van der Waals surface area contributed by atoms with E-state index in [4.69, 9.17) is 0 Å². The summed E-state index contributed by atoms with van der Waals surface area (Å²) in [4.78, 5) is 4.31. The summed E-state index contributed by atoms with van der Waals surface area (Å²) in [6.07, 6.45) is 9.67. The standard InChI is InChI=1S/C14H16N5.HI/c1-11-6-12(2)19(16-11)14-7-13(8-15-9-14)18-5-4-17(3)10-18;/h4-10H,1-3H3;1H/q+1;/p-1. The summed E-state index contributed by atoms with van der Waals surface area (Å²) in [5.41, 5.74) is 4.11. The molecule has 104 valence electrons. The molecule has 0 fully saturated rings. The van der Waals surface area contributed by atoms with E-state index in [2.05, 4.69) is 22.2 Å². The van der Waals surface area contributed by atoms with Crippen molar-refractivity contribution in [3.8, 4) is 11.4 Å². The van der Waals surface area contributed by atoms with Crippen LogP contribution in [0.1, 0.15) is 11.4 Å². The van der Waals surface area contributed by atoms with Gasteiger partial charge in [0, 0.05) is 11.8 Å². The molecule has 0 spiro atoms. The second-order valence-electron chi connectivity index (χ2n) is 4.73. The molecule has 0 unspecified atom stereocenters. The van der Waals surface area contributed by atoms with Crippen LogP contribution in [0.3, 0.4) is 0 Å². The highest BCUT2D eigenvalue weighted by atomic mass is 127. The molecule has 0 radical (unpaired) electrons. The Kier molecular flexibility index (Phi) is 4.22. The van der Waals surface area contributed by atoms with E-state index in [0.717, 1.165) is 22.8 Å². The van der Waals surface area contributed by atoms with E-state index < -0.39 is 0 Å². The van der Waals surface area contributed by atoms with Gasteiger partial charge in [-0.15, -0.1) is 0 Å². The molecule has 20 heavy (non-hydrogen) atoms. The Hall–Kier alpha value is -1.70. The molecule has 5 nitrogen and oxygen atoms in total. The number of nitrogens with zero attached hydrogens (tertiary/aromatic N) is 5. The lowest BCUT2D eigenvalue weighted by molar-refractivity contribution is -0.670. The molecule has 0 aliphatic heterocycles. The van der Waals surface area contributed by atoms with Gasteiger partial charge in [0.15, 0.2) is 5.69 Å². The molecule has 6 heteroatoms. The highest BCUT2D eigenvalue weighted by molar-refractivity contribution is 5.40. The fraction of sp³-hybridized carbons (Fsp3) is 0.214. The topological polar surface area (TPSA) is 39.5 Å². The van der Waals surface area contributed by atoms with Crippen molar-refractivity contribution >= 4 is 0 Å². The van der Waals surface area contributed by atoms with Crippen LogP contribution in [0.5, 0.6) is 0 Å². The summed E-state index contributed by atoms with van der Waals surface area (Å²) in [6, 6.07) is 4.13. The van der Waals surface area contributed by atoms with E-state index in [1.807, 2.05) is 65.8 Å². The predicted molar refractivity (Wildman–Crippen MR) is 71.3 cm³/mol. The lowest BCUT2D eigenvalue weighted by Gasteiger charge is -2.04. The first-order chi connectivity index (χ1) is 9.13. The molecule has 3 aromatic rings. The Morgan fingerprint density at radius 2 is 1.85 bits per heavy atom. The average Bonchev–Trinajstić information content (AvgIpc) is 2.96. The zero-order valence-corrected chi connectivity index (χ0v) is 13.8. The first-order valence-electron chi connectivity index (χ1n) is 6.16. The molecular formula is C14H16IN5. The Morgan fingerprint density at radius 3 is 2.45 bits per heavy atom. The molecule has 3 rings (SSSR count). The molecule has 0 aliphatic carbocycles. The van der Waals surface area contributed by atoms with Crippen LogP contribution >= 0.6 is 0 Å². The largest absolute Gasteiger partial charge is 1.00 e. The average molecular weight is 381 g/mol. The summed E-state index contributed by atoms with van der Waals surface area (Å²) in [5.74, 6) is 0. The van der Waals surface area contributed by atoms with Gasteiger partial charge in [-0.05, 0) is 19.9 Å². The third-order valence-corrected chi connectivity index (χ3v) is 3.03. The van der Waals surface area contributed by atoms with Gasteiger partial charge in [-0.2, -0.15) is 5.10 Å². The monoisotopic (exact) mass is 381 g/mol. The van der Waals surface area contributed by atoms with Gasteiger partial charge in [-0.25, -0.2) is 13.8 Å². The lowest BCUT2D eigenvalue weighted by atomic mass is 10.3. The molecule has 0 saturated carbocycles. The normalized spacial score (nSPS) is 10.3. The van der Waals surface area contributed by atoms with E-state index in [9.17, 15) is 0 Å². The third-order valence-electron chi connectivity index (χ3n) is 3.03. The van der Waals surface area contributed by atoms with Gasteiger partial charge in [0.1, 0.15) is 12.4 Å². The van der Waals surface area contributed by atoms with Crippen LogP contribution in [-0.4, -0.2) is 19.3 Å². The van der Waals surface area contributed by atoms with Crippen molar-refractivity contribution in [2.45, 2.75) is 13.8 Å². The minimum absolute atomic E-state index is 0. The van der Waals surface area contributed by atoms with Crippen LogP contribution in [-0.2, 0) is 7.05 Å².